The second-order valence-corrected chi connectivity index (χ2v) is 11.8. The maximum absolute atomic E-state index is 13.5. The first-order chi connectivity index (χ1) is 18.8. The fourth-order valence-corrected chi connectivity index (χ4v) is 6.14. The standard InChI is InChI=1S/C32H36BNO6/c1-18-26(29(35)36)19(2)28(20(3)27(18)33-39-31(4,5)32(6,7)40-33)34(8)30(37)38-17-25-23-15-11-9-13-21(23)22-14-10-12-16-24(22)25/h9-16,25H,17H2,1-8H3,(H,35,36). The van der Waals surface area contributed by atoms with Crippen molar-refractivity contribution in [1.29, 1.82) is 0 Å². The molecule has 208 valence electrons. The summed E-state index contributed by atoms with van der Waals surface area (Å²) in [6, 6.07) is 16.3. The highest BCUT2D eigenvalue weighted by molar-refractivity contribution is 6.63. The Hall–Kier alpha value is -3.62. The van der Waals surface area contributed by atoms with E-state index in [-0.39, 0.29) is 18.1 Å². The third-order valence-corrected chi connectivity index (χ3v) is 8.92. The molecule has 5 rings (SSSR count). The summed E-state index contributed by atoms with van der Waals surface area (Å²) in [4.78, 5) is 27.4. The van der Waals surface area contributed by atoms with Crippen LogP contribution in [0.3, 0.4) is 0 Å². The summed E-state index contributed by atoms with van der Waals surface area (Å²) in [5.74, 6) is -1.16. The van der Waals surface area contributed by atoms with Gasteiger partial charge in [-0.1, -0.05) is 48.5 Å². The quantitative estimate of drug-likeness (QED) is 0.399. The number of hydrogen-bond donors (Lipinski definition) is 1. The molecular formula is C32H36BNO6. The number of ether oxygens (including phenoxy) is 1. The third kappa shape index (κ3) is 4.30. The summed E-state index contributed by atoms with van der Waals surface area (Å²) in [6.45, 7) is 13.3. The zero-order valence-electron chi connectivity index (χ0n) is 24.4. The predicted molar refractivity (Wildman–Crippen MR) is 157 cm³/mol. The number of aromatic carboxylic acids is 1. The first-order valence-corrected chi connectivity index (χ1v) is 13.6. The van der Waals surface area contributed by atoms with Gasteiger partial charge in [-0.3, -0.25) is 4.90 Å². The molecular weight excluding hydrogens is 505 g/mol. The van der Waals surface area contributed by atoms with E-state index in [1.54, 1.807) is 20.9 Å². The van der Waals surface area contributed by atoms with Crippen LogP contribution in [0.25, 0.3) is 11.1 Å². The average Bonchev–Trinajstić information content (AvgIpc) is 3.31. The molecule has 0 spiro atoms. The van der Waals surface area contributed by atoms with Crippen molar-refractivity contribution in [3.63, 3.8) is 0 Å². The number of hydrogen-bond acceptors (Lipinski definition) is 5. The number of rotatable bonds is 5. The van der Waals surface area contributed by atoms with Gasteiger partial charge in [0, 0.05) is 13.0 Å². The minimum absolute atomic E-state index is 0.0835. The molecule has 1 aliphatic carbocycles. The Morgan fingerprint density at radius 2 is 1.38 bits per heavy atom. The maximum atomic E-state index is 13.5. The molecule has 7 nitrogen and oxygen atoms in total. The maximum Gasteiger partial charge on any atom is 0.495 e. The molecule has 1 fully saturated rings. The SMILES string of the molecule is Cc1c(B2OC(C)(C)C(C)(C)O2)c(C)c(N(C)C(=O)OCC2c3ccccc3-c3ccccc32)c(C)c1C(=O)O. The van der Waals surface area contributed by atoms with Crippen molar-refractivity contribution in [2.45, 2.75) is 65.6 Å². The van der Waals surface area contributed by atoms with Crippen LogP contribution < -0.4 is 10.4 Å². The van der Waals surface area contributed by atoms with E-state index in [0.29, 0.717) is 22.3 Å². The molecule has 1 amide bonds. The van der Waals surface area contributed by atoms with Gasteiger partial charge in [-0.2, -0.15) is 0 Å². The van der Waals surface area contributed by atoms with Crippen molar-refractivity contribution in [2.24, 2.45) is 0 Å². The van der Waals surface area contributed by atoms with E-state index in [1.807, 2.05) is 58.9 Å². The highest BCUT2D eigenvalue weighted by atomic mass is 16.7. The Bertz CT molecular complexity index is 1470. The van der Waals surface area contributed by atoms with Gasteiger partial charge in [-0.15, -0.1) is 0 Å². The lowest BCUT2D eigenvalue weighted by Gasteiger charge is -2.32. The molecule has 1 aliphatic heterocycles. The summed E-state index contributed by atoms with van der Waals surface area (Å²) in [7, 11) is 0.835. The lowest BCUT2D eigenvalue weighted by Crippen LogP contribution is -2.41. The molecule has 0 saturated carbocycles. The lowest BCUT2D eigenvalue weighted by atomic mass is 9.70. The van der Waals surface area contributed by atoms with Crippen LogP contribution in [0.15, 0.2) is 48.5 Å². The molecule has 1 saturated heterocycles. The fraction of sp³-hybridized carbons (Fsp3) is 0.375. The number of carboxylic acids is 1. The van der Waals surface area contributed by atoms with Gasteiger partial charge in [0.15, 0.2) is 0 Å². The molecule has 8 heteroatoms. The van der Waals surface area contributed by atoms with E-state index < -0.39 is 30.4 Å². The number of anilines is 1. The summed E-state index contributed by atoms with van der Waals surface area (Å²) in [5, 5.41) is 10.2. The van der Waals surface area contributed by atoms with Crippen LogP contribution in [0.5, 0.6) is 0 Å². The van der Waals surface area contributed by atoms with E-state index in [9.17, 15) is 14.7 Å². The Balaban J connectivity index is 1.48. The van der Waals surface area contributed by atoms with Gasteiger partial charge >= 0.3 is 19.2 Å². The van der Waals surface area contributed by atoms with Crippen LogP contribution in [0.2, 0.25) is 0 Å². The molecule has 1 N–H and O–H groups in total. The average molecular weight is 541 g/mol. The second-order valence-electron chi connectivity index (χ2n) is 11.8. The van der Waals surface area contributed by atoms with Crippen molar-refractivity contribution in [3.8, 4) is 11.1 Å². The Labute approximate surface area is 236 Å². The first kappa shape index (κ1) is 27.9. The zero-order valence-corrected chi connectivity index (χ0v) is 24.4. The normalized spacial score (nSPS) is 16.9. The van der Waals surface area contributed by atoms with E-state index in [1.165, 1.54) is 4.90 Å². The molecule has 0 unspecified atom stereocenters. The van der Waals surface area contributed by atoms with Gasteiger partial charge in [0.2, 0.25) is 0 Å². The molecule has 3 aromatic carbocycles. The van der Waals surface area contributed by atoms with E-state index in [2.05, 4.69) is 24.3 Å². The van der Waals surface area contributed by atoms with Crippen LogP contribution in [0.4, 0.5) is 10.5 Å². The number of carbonyl (C=O) groups is 2. The first-order valence-electron chi connectivity index (χ1n) is 13.6. The van der Waals surface area contributed by atoms with Gasteiger partial charge in [-0.25, -0.2) is 9.59 Å². The highest BCUT2D eigenvalue weighted by Crippen LogP contribution is 2.45. The third-order valence-electron chi connectivity index (χ3n) is 8.92. The van der Waals surface area contributed by atoms with Crippen molar-refractivity contribution < 1.29 is 28.7 Å². The monoisotopic (exact) mass is 541 g/mol. The topological polar surface area (TPSA) is 85.3 Å². The molecule has 0 atom stereocenters. The van der Waals surface area contributed by atoms with E-state index >= 15 is 0 Å². The summed E-state index contributed by atoms with van der Waals surface area (Å²) in [5.41, 5.74) is 6.32. The second kappa shape index (κ2) is 9.79. The van der Waals surface area contributed by atoms with Crippen molar-refractivity contribution in [3.05, 3.63) is 81.9 Å². The molecule has 1 heterocycles. The number of carboxylic acid groups (broad SMARTS) is 1. The van der Waals surface area contributed by atoms with Gasteiger partial charge < -0.3 is 19.2 Å². The summed E-state index contributed by atoms with van der Waals surface area (Å²) in [6.07, 6.45) is -0.562. The summed E-state index contributed by atoms with van der Waals surface area (Å²) < 4.78 is 18.5. The van der Waals surface area contributed by atoms with Crippen LogP contribution in [-0.4, -0.2) is 49.1 Å². The molecule has 0 radical (unpaired) electrons. The van der Waals surface area contributed by atoms with Crippen LogP contribution in [0.1, 0.15) is 71.8 Å². The molecule has 3 aromatic rings. The zero-order chi connectivity index (χ0) is 29.1. The predicted octanol–water partition coefficient (Wildman–Crippen LogP) is 5.99. The van der Waals surface area contributed by atoms with Gasteiger partial charge in [0.25, 0.3) is 0 Å². The molecule has 0 aromatic heterocycles. The van der Waals surface area contributed by atoms with Crippen molar-refractivity contribution in [1.82, 2.24) is 0 Å². The molecule has 40 heavy (non-hydrogen) atoms. The molecule has 2 aliphatic rings. The van der Waals surface area contributed by atoms with Gasteiger partial charge in [0.05, 0.1) is 22.5 Å². The molecule has 0 bridgehead atoms. The number of benzene rings is 3. The van der Waals surface area contributed by atoms with Crippen LogP contribution in [-0.2, 0) is 14.0 Å². The van der Waals surface area contributed by atoms with E-state index in [4.69, 9.17) is 14.0 Å². The van der Waals surface area contributed by atoms with E-state index in [0.717, 1.165) is 27.8 Å². The number of carbonyl (C=O) groups excluding carboxylic acids is 1. The van der Waals surface area contributed by atoms with Crippen molar-refractivity contribution in [2.75, 3.05) is 18.6 Å². The highest BCUT2D eigenvalue weighted by Gasteiger charge is 2.53. The van der Waals surface area contributed by atoms with Gasteiger partial charge in [-0.05, 0) is 92.9 Å². The number of nitrogens with zero attached hydrogens (tertiary/aromatic N) is 1. The van der Waals surface area contributed by atoms with Crippen LogP contribution >= 0.6 is 0 Å². The smallest absolute Gasteiger partial charge is 0.478 e. The summed E-state index contributed by atoms with van der Waals surface area (Å²) >= 11 is 0. The Kier molecular flexibility index (Phi) is 6.83. The minimum atomic E-state index is -1.07. The van der Waals surface area contributed by atoms with Gasteiger partial charge in [0.1, 0.15) is 6.61 Å². The van der Waals surface area contributed by atoms with Crippen LogP contribution in [0, 0.1) is 20.8 Å². The van der Waals surface area contributed by atoms with Crippen molar-refractivity contribution >= 4 is 30.3 Å². The number of amides is 1. The Morgan fingerprint density at radius 3 is 1.88 bits per heavy atom. The fourth-order valence-electron chi connectivity index (χ4n) is 6.14. The minimum Gasteiger partial charge on any atom is -0.478 e. The number of fused-ring (bicyclic) bond motifs is 3. The lowest BCUT2D eigenvalue weighted by molar-refractivity contribution is 0.00578. The Morgan fingerprint density at radius 1 is 0.875 bits per heavy atom. The largest absolute Gasteiger partial charge is 0.495 e.